The number of hydrogen-bond donors (Lipinski definition) is 1. The molecule has 1 unspecified atom stereocenters. The Bertz CT molecular complexity index is 439. The second-order valence-electron chi connectivity index (χ2n) is 3.77. The lowest BCUT2D eigenvalue weighted by Gasteiger charge is -2.10. The molecule has 0 spiro atoms. The molecular weight excluding hydrogens is 218 g/mol. The fourth-order valence-electron chi connectivity index (χ4n) is 1.43. The first kappa shape index (κ1) is 11.2. The summed E-state index contributed by atoms with van der Waals surface area (Å²) in [5, 5.41) is 4.59. The van der Waals surface area contributed by atoms with E-state index in [-0.39, 0.29) is 0 Å². The van der Waals surface area contributed by atoms with Gasteiger partial charge in [-0.3, -0.25) is 4.98 Å². The Morgan fingerprint density at radius 3 is 2.75 bits per heavy atom. The van der Waals surface area contributed by atoms with Gasteiger partial charge in [-0.25, -0.2) is 4.98 Å². The van der Waals surface area contributed by atoms with Crippen molar-refractivity contribution in [3.05, 3.63) is 46.2 Å². The summed E-state index contributed by atoms with van der Waals surface area (Å²) in [7, 11) is 0. The molecule has 16 heavy (non-hydrogen) atoms. The first-order chi connectivity index (χ1) is 7.75. The minimum atomic E-state index is 0.298. The molecule has 0 aromatic carbocycles. The Hall–Kier alpha value is -1.26. The lowest BCUT2D eigenvalue weighted by atomic mass is 10.2. The number of aromatic nitrogens is 2. The van der Waals surface area contributed by atoms with Gasteiger partial charge in [-0.1, -0.05) is 0 Å². The van der Waals surface area contributed by atoms with Gasteiger partial charge in [0.2, 0.25) is 0 Å². The monoisotopic (exact) mass is 233 g/mol. The molecule has 0 aliphatic carbocycles. The highest BCUT2D eigenvalue weighted by Gasteiger charge is 2.08. The van der Waals surface area contributed by atoms with E-state index in [4.69, 9.17) is 0 Å². The second-order valence-corrected chi connectivity index (χ2v) is 5.03. The fraction of sp³-hybridized carbons (Fsp3) is 0.333. The van der Waals surface area contributed by atoms with Gasteiger partial charge in [0, 0.05) is 30.0 Å². The third-order valence-electron chi connectivity index (χ3n) is 2.37. The van der Waals surface area contributed by atoms with Crippen molar-refractivity contribution in [1.29, 1.82) is 0 Å². The summed E-state index contributed by atoms with van der Waals surface area (Å²) in [6.45, 7) is 5.07. The standard InChI is InChI=1S/C12H15N3S/c1-9-7-15-12(16-9)10(2)14-8-11-3-5-13-6-4-11/h3-7,10,14H,8H2,1-2H3. The third-order valence-corrected chi connectivity index (χ3v) is 3.47. The zero-order valence-electron chi connectivity index (χ0n) is 9.47. The molecule has 2 aromatic heterocycles. The van der Waals surface area contributed by atoms with Gasteiger partial charge in [-0.05, 0) is 31.5 Å². The maximum absolute atomic E-state index is 4.37. The quantitative estimate of drug-likeness (QED) is 0.882. The maximum Gasteiger partial charge on any atom is 0.109 e. The van der Waals surface area contributed by atoms with Crippen LogP contribution in [0.5, 0.6) is 0 Å². The molecule has 4 heteroatoms. The van der Waals surface area contributed by atoms with Crippen molar-refractivity contribution in [3.8, 4) is 0 Å². The molecule has 3 nitrogen and oxygen atoms in total. The highest BCUT2D eigenvalue weighted by molar-refractivity contribution is 7.11. The molecule has 0 aliphatic rings. The summed E-state index contributed by atoms with van der Waals surface area (Å²) in [4.78, 5) is 9.62. The number of pyridine rings is 1. The topological polar surface area (TPSA) is 37.8 Å². The summed E-state index contributed by atoms with van der Waals surface area (Å²) in [5.41, 5.74) is 1.25. The average molecular weight is 233 g/mol. The first-order valence-corrected chi connectivity index (χ1v) is 6.12. The molecular formula is C12H15N3S. The van der Waals surface area contributed by atoms with Crippen LogP contribution in [0.2, 0.25) is 0 Å². The summed E-state index contributed by atoms with van der Waals surface area (Å²) in [6, 6.07) is 4.34. The molecule has 0 radical (unpaired) electrons. The van der Waals surface area contributed by atoms with E-state index in [0.717, 1.165) is 11.6 Å². The van der Waals surface area contributed by atoms with Gasteiger partial charge in [0.15, 0.2) is 0 Å². The van der Waals surface area contributed by atoms with Crippen LogP contribution in [-0.4, -0.2) is 9.97 Å². The zero-order chi connectivity index (χ0) is 11.4. The SMILES string of the molecule is Cc1cnc(C(C)NCc2ccncc2)s1. The Morgan fingerprint density at radius 1 is 1.38 bits per heavy atom. The summed E-state index contributed by atoms with van der Waals surface area (Å²) >= 11 is 1.75. The predicted octanol–water partition coefficient (Wildman–Crippen LogP) is 2.70. The molecule has 2 heterocycles. The number of thiazole rings is 1. The van der Waals surface area contributed by atoms with E-state index in [1.165, 1.54) is 10.4 Å². The number of nitrogens with one attached hydrogen (secondary N) is 1. The largest absolute Gasteiger partial charge is 0.304 e. The molecule has 2 rings (SSSR count). The summed E-state index contributed by atoms with van der Waals surface area (Å²) in [5.74, 6) is 0. The van der Waals surface area contributed by atoms with Crippen LogP contribution in [-0.2, 0) is 6.54 Å². The van der Waals surface area contributed by atoms with Crippen molar-refractivity contribution in [2.75, 3.05) is 0 Å². The average Bonchev–Trinajstić information content (AvgIpc) is 2.74. The smallest absolute Gasteiger partial charge is 0.109 e. The van der Waals surface area contributed by atoms with Crippen LogP contribution < -0.4 is 5.32 Å². The predicted molar refractivity (Wildman–Crippen MR) is 66.3 cm³/mol. The zero-order valence-corrected chi connectivity index (χ0v) is 10.3. The van der Waals surface area contributed by atoms with E-state index < -0.39 is 0 Å². The van der Waals surface area contributed by atoms with E-state index in [9.17, 15) is 0 Å². The molecule has 0 aliphatic heterocycles. The van der Waals surface area contributed by atoms with E-state index in [2.05, 4.69) is 29.1 Å². The van der Waals surface area contributed by atoms with Crippen LogP contribution in [0.25, 0.3) is 0 Å². The van der Waals surface area contributed by atoms with Crippen molar-refractivity contribution in [2.24, 2.45) is 0 Å². The van der Waals surface area contributed by atoms with E-state index in [1.54, 1.807) is 11.3 Å². The maximum atomic E-state index is 4.37. The van der Waals surface area contributed by atoms with Crippen molar-refractivity contribution < 1.29 is 0 Å². The van der Waals surface area contributed by atoms with E-state index in [1.807, 2.05) is 30.7 Å². The van der Waals surface area contributed by atoms with Crippen LogP contribution in [0.1, 0.15) is 28.4 Å². The van der Waals surface area contributed by atoms with Crippen molar-refractivity contribution in [3.63, 3.8) is 0 Å². The van der Waals surface area contributed by atoms with Gasteiger partial charge in [0.1, 0.15) is 5.01 Å². The molecule has 0 amide bonds. The Morgan fingerprint density at radius 2 is 2.12 bits per heavy atom. The minimum Gasteiger partial charge on any atom is -0.304 e. The lowest BCUT2D eigenvalue weighted by molar-refractivity contribution is 0.571. The van der Waals surface area contributed by atoms with Gasteiger partial charge in [-0.2, -0.15) is 0 Å². The Balaban J connectivity index is 1.91. The fourth-order valence-corrected chi connectivity index (χ4v) is 2.23. The molecule has 2 aromatic rings. The van der Waals surface area contributed by atoms with Crippen LogP contribution in [0.4, 0.5) is 0 Å². The molecule has 0 saturated carbocycles. The van der Waals surface area contributed by atoms with E-state index in [0.29, 0.717) is 6.04 Å². The van der Waals surface area contributed by atoms with Crippen molar-refractivity contribution in [2.45, 2.75) is 26.4 Å². The van der Waals surface area contributed by atoms with Crippen molar-refractivity contribution in [1.82, 2.24) is 15.3 Å². The molecule has 0 fully saturated rings. The summed E-state index contributed by atoms with van der Waals surface area (Å²) in [6.07, 6.45) is 5.55. The van der Waals surface area contributed by atoms with Crippen LogP contribution in [0, 0.1) is 6.92 Å². The Kier molecular flexibility index (Phi) is 3.64. The molecule has 84 valence electrons. The molecule has 0 saturated heterocycles. The van der Waals surface area contributed by atoms with Crippen LogP contribution in [0.15, 0.2) is 30.7 Å². The number of nitrogens with zero attached hydrogens (tertiary/aromatic N) is 2. The third kappa shape index (κ3) is 2.87. The normalized spacial score (nSPS) is 12.6. The van der Waals surface area contributed by atoms with Gasteiger partial charge in [0.05, 0.1) is 6.04 Å². The molecule has 1 N–H and O–H groups in total. The van der Waals surface area contributed by atoms with Gasteiger partial charge >= 0.3 is 0 Å². The first-order valence-electron chi connectivity index (χ1n) is 5.30. The highest BCUT2D eigenvalue weighted by atomic mass is 32.1. The Labute approximate surface area is 99.6 Å². The molecule has 0 bridgehead atoms. The van der Waals surface area contributed by atoms with Crippen molar-refractivity contribution >= 4 is 11.3 Å². The van der Waals surface area contributed by atoms with E-state index >= 15 is 0 Å². The molecule has 1 atom stereocenters. The number of hydrogen-bond acceptors (Lipinski definition) is 4. The second kappa shape index (κ2) is 5.18. The van der Waals surface area contributed by atoms with Crippen LogP contribution in [0.3, 0.4) is 0 Å². The van der Waals surface area contributed by atoms with Gasteiger partial charge in [0.25, 0.3) is 0 Å². The highest BCUT2D eigenvalue weighted by Crippen LogP contribution is 2.19. The number of rotatable bonds is 4. The minimum absolute atomic E-state index is 0.298. The summed E-state index contributed by atoms with van der Waals surface area (Å²) < 4.78 is 0. The van der Waals surface area contributed by atoms with Gasteiger partial charge < -0.3 is 5.32 Å². The van der Waals surface area contributed by atoms with Gasteiger partial charge in [-0.15, -0.1) is 11.3 Å². The lowest BCUT2D eigenvalue weighted by Crippen LogP contribution is -2.17. The van der Waals surface area contributed by atoms with Crippen LogP contribution >= 0.6 is 11.3 Å². The number of aryl methyl sites for hydroxylation is 1.